The molecule has 3 aromatic rings. The zero-order chi connectivity index (χ0) is 15.0. The number of aromatic carboxylic acids is 1. The molecule has 0 amide bonds. The maximum absolute atomic E-state index is 11.3. The Morgan fingerprint density at radius 3 is 2.86 bits per heavy atom. The number of rotatable bonds is 4. The molecule has 1 aromatic carbocycles. The summed E-state index contributed by atoms with van der Waals surface area (Å²) in [7, 11) is 3.45. The molecule has 0 saturated heterocycles. The van der Waals surface area contributed by atoms with Gasteiger partial charge < -0.3 is 9.84 Å². The number of carbonyl (C=O) groups is 1. The third kappa shape index (κ3) is 2.45. The van der Waals surface area contributed by atoms with Gasteiger partial charge in [0.1, 0.15) is 12.4 Å². The number of ether oxygens (including phenoxy) is 1. The molecule has 7 heteroatoms. The van der Waals surface area contributed by atoms with Crippen molar-refractivity contribution in [3.05, 3.63) is 41.9 Å². The number of carboxylic acids is 1. The predicted molar refractivity (Wildman–Crippen MR) is 75.2 cm³/mol. The van der Waals surface area contributed by atoms with Gasteiger partial charge in [0.25, 0.3) is 0 Å². The van der Waals surface area contributed by atoms with Gasteiger partial charge >= 0.3 is 5.97 Å². The summed E-state index contributed by atoms with van der Waals surface area (Å²) in [5.74, 6) is -0.411. The SMILES string of the molecule is Cn1cc(COc2ccc3nn(C)c(C(=O)O)c3c2)cn1. The van der Waals surface area contributed by atoms with Gasteiger partial charge in [-0.15, -0.1) is 0 Å². The number of carboxylic acid groups (broad SMARTS) is 1. The van der Waals surface area contributed by atoms with Crippen LogP contribution in [0.4, 0.5) is 0 Å². The molecule has 0 bridgehead atoms. The molecule has 2 aromatic heterocycles. The van der Waals surface area contributed by atoms with E-state index in [0.29, 0.717) is 23.3 Å². The van der Waals surface area contributed by atoms with E-state index >= 15 is 0 Å². The quantitative estimate of drug-likeness (QED) is 0.787. The van der Waals surface area contributed by atoms with Crippen LogP contribution in [-0.2, 0) is 20.7 Å². The number of nitrogens with zero attached hydrogens (tertiary/aromatic N) is 4. The lowest BCUT2D eigenvalue weighted by Gasteiger charge is -2.04. The van der Waals surface area contributed by atoms with Crippen LogP contribution in [0.25, 0.3) is 10.9 Å². The van der Waals surface area contributed by atoms with Crippen LogP contribution in [0, 0.1) is 0 Å². The summed E-state index contributed by atoms with van der Waals surface area (Å²) in [6.07, 6.45) is 3.59. The summed E-state index contributed by atoms with van der Waals surface area (Å²) in [6, 6.07) is 5.22. The zero-order valence-electron chi connectivity index (χ0n) is 11.6. The largest absolute Gasteiger partial charge is 0.489 e. The lowest BCUT2D eigenvalue weighted by atomic mass is 10.2. The van der Waals surface area contributed by atoms with Crippen LogP contribution in [0.2, 0.25) is 0 Å². The Morgan fingerprint density at radius 1 is 1.38 bits per heavy atom. The third-order valence-electron chi connectivity index (χ3n) is 3.17. The summed E-state index contributed by atoms with van der Waals surface area (Å²) < 4.78 is 8.73. The second kappa shape index (κ2) is 4.93. The molecule has 0 radical (unpaired) electrons. The Balaban J connectivity index is 1.89. The Morgan fingerprint density at radius 2 is 2.19 bits per heavy atom. The fourth-order valence-corrected chi connectivity index (χ4v) is 2.23. The normalized spacial score (nSPS) is 11.0. The highest BCUT2D eigenvalue weighted by Crippen LogP contribution is 2.24. The Bertz CT molecular complexity index is 819. The van der Waals surface area contributed by atoms with Crippen LogP contribution < -0.4 is 4.74 Å². The van der Waals surface area contributed by atoms with Crippen molar-refractivity contribution in [3.63, 3.8) is 0 Å². The van der Waals surface area contributed by atoms with Gasteiger partial charge in [-0.3, -0.25) is 9.36 Å². The minimum Gasteiger partial charge on any atom is -0.489 e. The first-order valence-electron chi connectivity index (χ1n) is 6.35. The molecule has 108 valence electrons. The molecule has 0 fully saturated rings. The second-order valence-electron chi connectivity index (χ2n) is 4.77. The Kier molecular flexibility index (Phi) is 3.09. The van der Waals surface area contributed by atoms with Gasteiger partial charge in [0.15, 0.2) is 5.69 Å². The van der Waals surface area contributed by atoms with Crippen molar-refractivity contribution in [2.45, 2.75) is 6.61 Å². The van der Waals surface area contributed by atoms with Gasteiger partial charge in [-0.25, -0.2) is 4.79 Å². The lowest BCUT2D eigenvalue weighted by Crippen LogP contribution is -2.05. The molecule has 21 heavy (non-hydrogen) atoms. The maximum atomic E-state index is 11.3. The molecule has 0 saturated carbocycles. The first-order valence-corrected chi connectivity index (χ1v) is 6.35. The molecule has 2 heterocycles. The van der Waals surface area contributed by atoms with Crippen LogP contribution in [0.1, 0.15) is 16.1 Å². The Hall–Kier alpha value is -2.83. The summed E-state index contributed by atoms with van der Waals surface area (Å²) in [4.78, 5) is 11.3. The minimum atomic E-state index is -1.01. The van der Waals surface area contributed by atoms with Crippen molar-refractivity contribution < 1.29 is 14.6 Å². The number of aromatic nitrogens is 4. The van der Waals surface area contributed by atoms with Gasteiger partial charge in [0.05, 0.1) is 11.7 Å². The van der Waals surface area contributed by atoms with Crippen LogP contribution in [0.3, 0.4) is 0 Å². The molecular weight excluding hydrogens is 272 g/mol. The first kappa shape index (κ1) is 13.2. The number of hydrogen-bond acceptors (Lipinski definition) is 4. The zero-order valence-corrected chi connectivity index (χ0v) is 11.6. The van der Waals surface area contributed by atoms with Gasteiger partial charge in [-0.2, -0.15) is 10.2 Å². The van der Waals surface area contributed by atoms with Crippen molar-refractivity contribution in [2.75, 3.05) is 0 Å². The van der Waals surface area contributed by atoms with E-state index < -0.39 is 5.97 Å². The van der Waals surface area contributed by atoms with Crippen molar-refractivity contribution >= 4 is 16.9 Å². The molecule has 0 spiro atoms. The standard InChI is InChI=1S/C14H14N4O3/c1-17-7-9(6-15-17)8-21-10-3-4-12-11(5-10)13(14(19)20)18(2)16-12/h3-7H,8H2,1-2H3,(H,19,20). The van der Waals surface area contributed by atoms with E-state index in [2.05, 4.69) is 10.2 Å². The van der Waals surface area contributed by atoms with Crippen LogP contribution >= 0.6 is 0 Å². The predicted octanol–water partition coefficient (Wildman–Crippen LogP) is 1.58. The van der Waals surface area contributed by atoms with E-state index in [4.69, 9.17) is 4.74 Å². The van der Waals surface area contributed by atoms with Crippen LogP contribution in [0.5, 0.6) is 5.75 Å². The van der Waals surface area contributed by atoms with E-state index in [1.54, 1.807) is 36.1 Å². The molecule has 0 aliphatic rings. The van der Waals surface area contributed by atoms with E-state index in [-0.39, 0.29) is 5.69 Å². The van der Waals surface area contributed by atoms with Crippen molar-refractivity contribution in [1.82, 2.24) is 19.6 Å². The molecular formula is C14H14N4O3. The summed E-state index contributed by atoms with van der Waals surface area (Å²) in [6.45, 7) is 0.377. The fraction of sp³-hybridized carbons (Fsp3) is 0.214. The smallest absolute Gasteiger partial charge is 0.354 e. The topological polar surface area (TPSA) is 82.2 Å². The lowest BCUT2D eigenvalue weighted by molar-refractivity contribution is 0.0687. The number of benzene rings is 1. The van der Waals surface area contributed by atoms with Crippen molar-refractivity contribution in [3.8, 4) is 5.75 Å². The molecule has 1 N–H and O–H groups in total. The fourth-order valence-electron chi connectivity index (χ4n) is 2.23. The maximum Gasteiger partial charge on any atom is 0.354 e. The molecule has 0 atom stereocenters. The van der Waals surface area contributed by atoms with Gasteiger partial charge in [0.2, 0.25) is 0 Å². The second-order valence-corrected chi connectivity index (χ2v) is 4.77. The molecule has 0 aliphatic carbocycles. The summed E-state index contributed by atoms with van der Waals surface area (Å²) in [5, 5.41) is 18.0. The van der Waals surface area contributed by atoms with Crippen LogP contribution in [-0.4, -0.2) is 30.6 Å². The minimum absolute atomic E-state index is 0.150. The van der Waals surface area contributed by atoms with Gasteiger partial charge in [-0.05, 0) is 18.2 Å². The van der Waals surface area contributed by atoms with Gasteiger partial charge in [0, 0.05) is 31.2 Å². The van der Waals surface area contributed by atoms with E-state index in [1.807, 2.05) is 13.2 Å². The summed E-state index contributed by atoms with van der Waals surface area (Å²) >= 11 is 0. The molecule has 7 nitrogen and oxygen atoms in total. The van der Waals surface area contributed by atoms with Crippen LogP contribution in [0.15, 0.2) is 30.6 Å². The van der Waals surface area contributed by atoms with Crippen molar-refractivity contribution in [2.24, 2.45) is 14.1 Å². The van der Waals surface area contributed by atoms with Gasteiger partial charge in [-0.1, -0.05) is 0 Å². The molecule has 0 unspecified atom stereocenters. The highest BCUT2D eigenvalue weighted by molar-refractivity contribution is 6.01. The third-order valence-corrected chi connectivity index (χ3v) is 3.17. The van der Waals surface area contributed by atoms with Crippen molar-refractivity contribution in [1.29, 1.82) is 0 Å². The summed E-state index contributed by atoms with van der Waals surface area (Å²) in [5.41, 5.74) is 1.72. The number of hydrogen-bond donors (Lipinski definition) is 1. The monoisotopic (exact) mass is 286 g/mol. The average Bonchev–Trinajstić information content (AvgIpc) is 2.98. The van der Waals surface area contributed by atoms with E-state index in [0.717, 1.165) is 5.56 Å². The molecule has 3 rings (SSSR count). The average molecular weight is 286 g/mol. The molecule has 0 aliphatic heterocycles. The highest BCUT2D eigenvalue weighted by Gasteiger charge is 2.16. The number of aryl methyl sites for hydroxylation is 2. The van der Waals surface area contributed by atoms with E-state index in [9.17, 15) is 9.90 Å². The first-order chi connectivity index (χ1) is 10.0. The highest BCUT2D eigenvalue weighted by atomic mass is 16.5. The number of fused-ring (bicyclic) bond motifs is 1. The Labute approximate surface area is 120 Å². The van der Waals surface area contributed by atoms with E-state index in [1.165, 1.54) is 4.68 Å².